The predicted octanol–water partition coefficient (Wildman–Crippen LogP) is 5.67. The largest absolute Gasteiger partial charge is 0.456 e. The van der Waals surface area contributed by atoms with Crippen LogP contribution in [0.25, 0.3) is 22.3 Å². The first kappa shape index (κ1) is 16.3. The second-order valence-electron chi connectivity index (χ2n) is 6.76. The summed E-state index contributed by atoms with van der Waals surface area (Å²) in [5, 5.41) is 0.630. The monoisotopic (exact) mass is 340 g/mol. The molecule has 0 saturated carbocycles. The minimum absolute atomic E-state index is 0.0444. The van der Waals surface area contributed by atoms with Gasteiger partial charge in [-0.15, -0.1) is 0 Å². The van der Waals surface area contributed by atoms with Crippen molar-refractivity contribution in [2.45, 2.75) is 20.3 Å². The maximum Gasteiger partial charge on any atom is 0.196 e. The number of hydrogen-bond donors (Lipinski definition) is 0. The molecule has 0 aliphatic rings. The van der Waals surface area contributed by atoms with Crippen molar-refractivity contribution in [3.8, 4) is 11.3 Å². The van der Waals surface area contributed by atoms with Gasteiger partial charge in [0.1, 0.15) is 11.3 Å². The van der Waals surface area contributed by atoms with Crippen LogP contribution in [0.15, 0.2) is 82.0 Å². The fraction of sp³-hybridized carbons (Fsp3) is 0.125. The molecule has 3 aromatic carbocycles. The molecule has 0 aliphatic heterocycles. The fourth-order valence-corrected chi connectivity index (χ4v) is 3.19. The summed E-state index contributed by atoms with van der Waals surface area (Å²) in [5.74, 6) is 0.661. The Kier molecular flexibility index (Phi) is 4.18. The van der Waals surface area contributed by atoms with Crippen LogP contribution in [0.3, 0.4) is 0 Å². The van der Waals surface area contributed by atoms with E-state index in [-0.39, 0.29) is 5.43 Å². The highest BCUT2D eigenvalue weighted by Gasteiger charge is 2.16. The summed E-state index contributed by atoms with van der Waals surface area (Å²) >= 11 is 0. The topological polar surface area (TPSA) is 30.2 Å². The zero-order valence-corrected chi connectivity index (χ0v) is 15.0. The molecule has 1 heterocycles. The second-order valence-corrected chi connectivity index (χ2v) is 6.76. The van der Waals surface area contributed by atoms with Crippen LogP contribution in [0.5, 0.6) is 0 Å². The van der Waals surface area contributed by atoms with Crippen LogP contribution >= 0.6 is 0 Å². The number of fused-ring (bicyclic) bond motifs is 1. The summed E-state index contributed by atoms with van der Waals surface area (Å²) in [6.45, 7) is 4.11. The Balaban J connectivity index is 1.94. The van der Waals surface area contributed by atoms with Crippen molar-refractivity contribution in [2.75, 3.05) is 0 Å². The third kappa shape index (κ3) is 3.06. The third-order valence-electron chi connectivity index (χ3n) is 4.71. The molecule has 2 heteroatoms. The molecular weight excluding hydrogens is 320 g/mol. The third-order valence-corrected chi connectivity index (χ3v) is 4.71. The first-order valence-electron chi connectivity index (χ1n) is 8.79. The van der Waals surface area contributed by atoms with Gasteiger partial charge in [0.05, 0.1) is 5.39 Å². The Hall–Kier alpha value is -3.13. The Morgan fingerprint density at radius 2 is 1.38 bits per heavy atom. The molecule has 0 radical (unpaired) electrons. The van der Waals surface area contributed by atoms with Crippen molar-refractivity contribution < 1.29 is 4.42 Å². The average Bonchev–Trinajstić information content (AvgIpc) is 2.66. The number of hydrogen-bond acceptors (Lipinski definition) is 2. The highest BCUT2D eigenvalue weighted by atomic mass is 16.3. The number of para-hydroxylation sites is 1. The zero-order chi connectivity index (χ0) is 18.1. The van der Waals surface area contributed by atoms with Crippen molar-refractivity contribution in [2.24, 2.45) is 0 Å². The summed E-state index contributed by atoms with van der Waals surface area (Å²) < 4.78 is 6.20. The minimum Gasteiger partial charge on any atom is -0.456 e. The van der Waals surface area contributed by atoms with E-state index in [2.05, 4.69) is 31.2 Å². The molecule has 0 spiro atoms. The summed E-state index contributed by atoms with van der Waals surface area (Å²) in [4.78, 5) is 13.2. The van der Waals surface area contributed by atoms with Crippen LogP contribution in [-0.4, -0.2) is 0 Å². The lowest BCUT2D eigenvalue weighted by Crippen LogP contribution is -2.12. The van der Waals surface area contributed by atoms with Crippen LogP contribution in [0.1, 0.15) is 22.3 Å². The second kappa shape index (κ2) is 6.64. The van der Waals surface area contributed by atoms with Gasteiger partial charge in [0.15, 0.2) is 5.43 Å². The molecule has 0 amide bonds. The SMILES string of the molecule is Cc1ccc(Cc2c(-c3ccc(C)cc3)oc3ccccc3c2=O)cc1. The van der Waals surface area contributed by atoms with Gasteiger partial charge < -0.3 is 4.42 Å². The zero-order valence-electron chi connectivity index (χ0n) is 15.0. The molecule has 0 bridgehead atoms. The van der Waals surface area contributed by atoms with Crippen molar-refractivity contribution in [3.63, 3.8) is 0 Å². The van der Waals surface area contributed by atoms with Crippen LogP contribution < -0.4 is 5.43 Å². The Morgan fingerprint density at radius 1 is 0.769 bits per heavy atom. The van der Waals surface area contributed by atoms with E-state index in [0.29, 0.717) is 28.7 Å². The predicted molar refractivity (Wildman–Crippen MR) is 107 cm³/mol. The smallest absolute Gasteiger partial charge is 0.196 e. The maximum absolute atomic E-state index is 13.2. The lowest BCUT2D eigenvalue weighted by Gasteiger charge is -2.11. The molecule has 128 valence electrons. The minimum atomic E-state index is 0.0444. The molecule has 0 unspecified atom stereocenters. The fourth-order valence-electron chi connectivity index (χ4n) is 3.19. The van der Waals surface area contributed by atoms with Crippen molar-refractivity contribution in [3.05, 3.63) is 105 Å². The molecule has 0 N–H and O–H groups in total. The van der Waals surface area contributed by atoms with E-state index < -0.39 is 0 Å². The number of benzene rings is 3. The molecule has 0 aliphatic carbocycles. The molecule has 0 atom stereocenters. The summed E-state index contributed by atoms with van der Waals surface area (Å²) in [5.41, 5.74) is 5.79. The normalized spacial score (nSPS) is 11.0. The quantitative estimate of drug-likeness (QED) is 0.481. The van der Waals surface area contributed by atoms with Gasteiger partial charge in [-0.3, -0.25) is 4.79 Å². The van der Waals surface area contributed by atoms with E-state index >= 15 is 0 Å². The molecular formula is C24H20O2. The average molecular weight is 340 g/mol. The molecule has 4 rings (SSSR count). The van der Waals surface area contributed by atoms with Crippen LogP contribution in [0.4, 0.5) is 0 Å². The van der Waals surface area contributed by atoms with Gasteiger partial charge >= 0.3 is 0 Å². The highest BCUT2D eigenvalue weighted by molar-refractivity contribution is 5.80. The molecule has 0 saturated heterocycles. The lowest BCUT2D eigenvalue weighted by molar-refractivity contribution is 0.611. The van der Waals surface area contributed by atoms with Crippen LogP contribution in [0.2, 0.25) is 0 Å². The summed E-state index contributed by atoms with van der Waals surface area (Å²) in [7, 11) is 0. The van der Waals surface area contributed by atoms with Gasteiger partial charge in [0.2, 0.25) is 0 Å². The van der Waals surface area contributed by atoms with Crippen molar-refractivity contribution >= 4 is 11.0 Å². The van der Waals surface area contributed by atoms with Gasteiger partial charge in [-0.1, -0.05) is 71.8 Å². The summed E-state index contributed by atoms with van der Waals surface area (Å²) in [6.07, 6.45) is 0.552. The van der Waals surface area contributed by atoms with E-state index in [1.165, 1.54) is 11.1 Å². The lowest BCUT2D eigenvalue weighted by atomic mass is 9.97. The Labute approximate surface area is 152 Å². The van der Waals surface area contributed by atoms with Gasteiger partial charge in [-0.2, -0.15) is 0 Å². The van der Waals surface area contributed by atoms with E-state index in [1.807, 2.05) is 55.5 Å². The van der Waals surface area contributed by atoms with Crippen molar-refractivity contribution in [1.29, 1.82) is 0 Å². The molecule has 1 aromatic heterocycles. The van der Waals surface area contributed by atoms with Crippen molar-refractivity contribution in [1.82, 2.24) is 0 Å². The number of rotatable bonds is 3. The van der Waals surface area contributed by atoms with Gasteiger partial charge in [0.25, 0.3) is 0 Å². The molecule has 4 aromatic rings. The molecule has 0 fully saturated rings. The van der Waals surface area contributed by atoms with Crippen LogP contribution in [-0.2, 0) is 6.42 Å². The van der Waals surface area contributed by atoms with Gasteiger partial charge in [-0.05, 0) is 31.5 Å². The maximum atomic E-state index is 13.2. The van der Waals surface area contributed by atoms with E-state index in [0.717, 1.165) is 11.1 Å². The standard InChI is InChI=1S/C24H20O2/c1-16-7-11-18(12-8-16)15-21-23(25)20-5-3-4-6-22(20)26-24(21)19-13-9-17(2)10-14-19/h3-14H,15H2,1-2H3. The Bertz CT molecular complexity index is 1120. The number of aryl methyl sites for hydroxylation is 2. The summed E-state index contributed by atoms with van der Waals surface area (Å²) in [6, 6.07) is 23.9. The van der Waals surface area contributed by atoms with Crippen LogP contribution in [0, 0.1) is 13.8 Å². The highest BCUT2D eigenvalue weighted by Crippen LogP contribution is 2.28. The molecule has 2 nitrogen and oxygen atoms in total. The molecule has 26 heavy (non-hydrogen) atoms. The first-order chi connectivity index (χ1) is 12.6. The van der Waals surface area contributed by atoms with E-state index in [1.54, 1.807) is 0 Å². The van der Waals surface area contributed by atoms with E-state index in [4.69, 9.17) is 4.42 Å². The first-order valence-corrected chi connectivity index (χ1v) is 8.79. The van der Waals surface area contributed by atoms with Gasteiger partial charge in [0, 0.05) is 17.5 Å². The van der Waals surface area contributed by atoms with Gasteiger partial charge in [-0.25, -0.2) is 0 Å². The van der Waals surface area contributed by atoms with E-state index in [9.17, 15) is 4.79 Å². The Morgan fingerprint density at radius 3 is 2.08 bits per heavy atom.